The molecule has 0 aromatic heterocycles. The van der Waals surface area contributed by atoms with E-state index in [1.165, 1.54) is 51.4 Å². The number of rotatable bonds is 50. The Hall–Kier alpha value is -4.74. The third kappa shape index (κ3) is 57.8. The number of hydrogen-bond donors (Lipinski definition) is 1. The van der Waals surface area contributed by atoms with Crippen LogP contribution in [0.15, 0.2) is 170 Å². The van der Waals surface area contributed by atoms with Crippen LogP contribution >= 0.6 is 0 Å². The lowest BCUT2D eigenvalue weighted by atomic mass is 10.1. The van der Waals surface area contributed by atoms with Gasteiger partial charge in [0, 0.05) is 12.8 Å². The highest BCUT2D eigenvalue weighted by Crippen LogP contribution is 2.14. The zero-order valence-corrected chi connectivity index (χ0v) is 45.9. The molecule has 0 rings (SSSR count). The van der Waals surface area contributed by atoms with Crippen LogP contribution < -0.4 is 0 Å². The molecule has 0 aliphatic rings. The van der Waals surface area contributed by atoms with Crippen molar-refractivity contribution in [3.63, 3.8) is 0 Å². The quantitative estimate of drug-likeness (QED) is 0.0373. The van der Waals surface area contributed by atoms with E-state index in [4.69, 9.17) is 9.47 Å². The average Bonchev–Trinajstić information content (AvgIpc) is 3.38. The smallest absolute Gasteiger partial charge is 0.306 e. The van der Waals surface area contributed by atoms with E-state index in [1.54, 1.807) is 0 Å². The van der Waals surface area contributed by atoms with Crippen molar-refractivity contribution >= 4 is 11.9 Å². The maximum Gasteiger partial charge on any atom is 0.306 e. The van der Waals surface area contributed by atoms with Gasteiger partial charge in [-0.05, 0) is 128 Å². The first-order valence-electron chi connectivity index (χ1n) is 28.7. The number of esters is 2. The number of allylic oxidation sites excluding steroid dienone is 28. The largest absolute Gasteiger partial charge is 0.462 e. The number of carbonyl (C=O) groups excluding carboxylic acids is 2. The second kappa shape index (κ2) is 60.6. The van der Waals surface area contributed by atoms with Gasteiger partial charge in [0.1, 0.15) is 6.61 Å². The molecule has 0 spiro atoms. The van der Waals surface area contributed by atoms with Crippen molar-refractivity contribution < 1.29 is 24.2 Å². The lowest BCUT2D eigenvalue weighted by Crippen LogP contribution is -2.28. The number of carbonyl (C=O) groups is 2. The molecule has 0 saturated heterocycles. The lowest BCUT2D eigenvalue weighted by molar-refractivity contribution is -0.161. The summed E-state index contributed by atoms with van der Waals surface area (Å²) >= 11 is 0. The van der Waals surface area contributed by atoms with E-state index in [0.29, 0.717) is 12.8 Å². The minimum atomic E-state index is -0.802. The standard InChI is InChI=1S/C67H104O5/c1-3-5-7-9-11-13-15-17-19-21-23-25-27-28-29-30-31-32-33-34-35-36-37-38-40-42-44-46-48-50-52-54-56-58-60-62-67(70)72-65(63-68)64-71-66(69)61-59-57-55-53-51-49-47-45-43-41-39-26-24-22-20-18-16-14-12-10-8-6-4-2/h5-8,11-14,17-20,23-26,28-29,31-32,34-35,37-38,42,44,48,50,65,68H,3-4,9-10,15-16,21-22,27,30,33,36,39-41,43,45-47,49,51-64H2,1-2H3/b7-5-,8-6-,13-11-,14-12-,19-17-,20-18-,25-23-,26-24-,29-28-,32-31-,35-34-,38-37-,44-42-,50-48-. The van der Waals surface area contributed by atoms with Crippen LogP contribution in [-0.4, -0.2) is 36.4 Å². The fourth-order valence-corrected chi connectivity index (χ4v) is 7.28. The number of aliphatic hydroxyl groups excluding tert-OH is 1. The van der Waals surface area contributed by atoms with E-state index in [-0.39, 0.29) is 25.2 Å². The number of unbranched alkanes of at least 4 members (excludes halogenated alkanes) is 14. The van der Waals surface area contributed by atoms with Crippen molar-refractivity contribution in [1.82, 2.24) is 0 Å². The molecule has 5 heteroatoms. The molecule has 0 heterocycles. The van der Waals surface area contributed by atoms with Crippen molar-refractivity contribution in [3.8, 4) is 0 Å². The molecule has 0 aliphatic heterocycles. The highest BCUT2D eigenvalue weighted by molar-refractivity contribution is 5.70. The molecule has 0 aromatic carbocycles. The third-order valence-electron chi connectivity index (χ3n) is 11.5. The van der Waals surface area contributed by atoms with E-state index in [9.17, 15) is 14.7 Å². The van der Waals surface area contributed by atoms with Gasteiger partial charge < -0.3 is 14.6 Å². The molecule has 5 nitrogen and oxygen atoms in total. The summed E-state index contributed by atoms with van der Waals surface area (Å²) in [7, 11) is 0. The Balaban J connectivity index is 3.66. The highest BCUT2D eigenvalue weighted by Gasteiger charge is 2.16. The fourth-order valence-electron chi connectivity index (χ4n) is 7.28. The van der Waals surface area contributed by atoms with Gasteiger partial charge in [-0.2, -0.15) is 0 Å². The maximum absolute atomic E-state index is 12.3. The number of ether oxygens (including phenoxy) is 2. The summed E-state index contributed by atoms with van der Waals surface area (Å²) in [4.78, 5) is 24.5. The van der Waals surface area contributed by atoms with Gasteiger partial charge in [-0.1, -0.05) is 248 Å². The summed E-state index contributed by atoms with van der Waals surface area (Å²) in [5, 5.41) is 9.65. The lowest BCUT2D eigenvalue weighted by Gasteiger charge is -2.15. The van der Waals surface area contributed by atoms with Crippen LogP contribution in [0.25, 0.3) is 0 Å². The van der Waals surface area contributed by atoms with Crippen LogP contribution in [0.4, 0.5) is 0 Å². The highest BCUT2D eigenvalue weighted by atomic mass is 16.6. The van der Waals surface area contributed by atoms with E-state index in [2.05, 4.69) is 184 Å². The van der Waals surface area contributed by atoms with E-state index in [0.717, 1.165) is 141 Å². The number of hydrogen-bond acceptors (Lipinski definition) is 5. The van der Waals surface area contributed by atoms with E-state index < -0.39 is 6.10 Å². The summed E-state index contributed by atoms with van der Waals surface area (Å²) in [6.45, 7) is 3.88. The first kappa shape index (κ1) is 67.3. The molecular formula is C67H104O5. The van der Waals surface area contributed by atoms with Gasteiger partial charge in [0.2, 0.25) is 0 Å². The molecule has 1 N–H and O–H groups in total. The Morgan fingerprint density at radius 3 is 0.833 bits per heavy atom. The Morgan fingerprint density at radius 2 is 0.556 bits per heavy atom. The summed E-state index contributed by atoms with van der Waals surface area (Å²) in [6.07, 6.45) is 94.6. The summed E-state index contributed by atoms with van der Waals surface area (Å²) in [5.41, 5.74) is 0. The van der Waals surface area contributed by atoms with Gasteiger partial charge in [-0.3, -0.25) is 9.59 Å². The Bertz CT molecular complexity index is 1640. The van der Waals surface area contributed by atoms with Gasteiger partial charge in [-0.25, -0.2) is 0 Å². The molecule has 0 bridgehead atoms. The van der Waals surface area contributed by atoms with Crippen molar-refractivity contribution in [1.29, 1.82) is 0 Å². The second-order valence-corrected chi connectivity index (χ2v) is 18.2. The van der Waals surface area contributed by atoms with Crippen LogP contribution in [0.5, 0.6) is 0 Å². The van der Waals surface area contributed by atoms with Crippen LogP contribution in [-0.2, 0) is 19.1 Å². The Labute approximate surface area is 443 Å². The molecule has 0 aromatic rings. The molecule has 0 saturated carbocycles. The minimum Gasteiger partial charge on any atom is -0.462 e. The molecule has 0 aliphatic carbocycles. The minimum absolute atomic E-state index is 0.0901. The second-order valence-electron chi connectivity index (χ2n) is 18.2. The molecule has 0 fully saturated rings. The SMILES string of the molecule is CC/C=C\C/C=C\C/C=C\C/C=C\C/C=C\C/C=C\C/C=C\C/C=C\C/C=C\C/C=C\CCCCCCC(=O)OC(CO)COC(=O)CCCCCCCCCCCC/C=C\C/C=C\C/C=C\C/C=C\CC. The first-order valence-corrected chi connectivity index (χ1v) is 28.7. The van der Waals surface area contributed by atoms with Crippen LogP contribution in [0, 0.1) is 0 Å². The zero-order valence-electron chi connectivity index (χ0n) is 45.9. The van der Waals surface area contributed by atoms with Crippen LogP contribution in [0.3, 0.4) is 0 Å². The first-order chi connectivity index (χ1) is 35.6. The van der Waals surface area contributed by atoms with Crippen molar-refractivity contribution in [2.45, 2.75) is 225 Å². The Kier molecular flexibility index (Phi) is 56.6. The van der Waals surface area contributed by atoms with Gasteiger partial charge in [0.25, 0.3) is 0 Å². The normalized spacial score (nSPS) is 13.5. The predicted molar refractivity (Wildman–Crippen MR) is 315 cm³/mol. The molecule has 1 atom stereocenters. The molecule has 402 valence electrons. The van der Waals surface area contributed by atoms with Gasteiger partial charge in [-0.15, -0.1) is 0 Å². The zero-order chi connectivity index (χ0) is 52.0. The monoisotopic (exact) mass is 989 g/mol. The molecule has 0 radical (unpaired) electrons. The predicted octanol–water partition coefficient (Wildman–Crippen LogP) is 19.7. The van der Waals surface area contributed by atoms with Crippen LogP contribution in [0.2, 0.25) is 0 Å². The van der Waals surface area contributed by atoms with Crippen LogP contribution in [0.1, 0.15) is 219 Å². The van der Waals surface area contributed by atoms with Crippen molar-refractivity contribution in [3.05, 3.63) is 170 Å². The summed E-state index contributed by atoms with van der Waals surface area (Å²) < 4.78 is 10.7. The maximum atomic E-state index is 12.3. The summed E-state index contributed by atoms with van der Waals surface area (Å²) in [6, 6.07) is 0. The summed E-state index contributed by atoms with van der Waals surface area (Å²) in [5.74, 6) is -0.637. The van der Waals surface area contributed by atoms with Gasteiger partial charge >= 0.3 is 11.9 Å². The van der Waals surface area contributed by atoms with Gasteiger partial charge in [0.05, 0.1) is 6.61 Å². The Morgan fingerprint density at radius 1 is 0.319 bits per heavy atom. The van der Waals surface area contributed by atoms with E-state index in [1.807, 2.05) is 0 Å². The van der Waals surface area contributed by atoms with E-state index >= 15 is 0 Å². The fraction of sp³-hybridized carbons (Fsp3) is 0.552. The van der Waals surface area contributed by atoms with Gasteiger partial charge in [0.15, 0.2) is 6.10 Å². The molecule has 1 unspecified atom stereocenters. The molecule has 72 heavy (non-hydrogen) atoms. The average molecular weight is 990 g/mol. The van der Waals surface area contributed by atoms with Crippen molar-refractivity contribution in [2.75, 3.05) is 13.2 Å². The topological polar surface area (TPSA) is 72.8 Å². The number of aliphatic hydroxyl groups is 1. The third-order valence-corrected chi connectivity index (χ3v) is 11.5. The molecule has 0 amide bonds. The van der Waals surface area contributed by atoms with Crippen molar-refractivity contribution in [2.24, 2.45) is 0 Å². The molecular weight excluding hydrogens is 885 g/mol.